The molecule has 0 spiro atoms. The maximum Gasteiger partial charge on any atom is 0.305 e. The lowest BCUT2D eigenvalue weighted by Gasteiger charge is -2.06. The molecule has 4 nitrogen and oxygen atoms in total. The number of ether oxygens (including phenoxy) is 2. The summed E-state index contributed by atoms with van der Waals surface area (Å²) in [6, 6.07) is 0. The van der Waals surface area contributed by atoms with Crippen molar-refractivity contribution >= 4 is 11.9 Å². The van der Waals surface area contributed by atoms with Crippen molar-refractivity contribution < 1.29 is 19.1 Å². The van der Waals surface area contributed by atoms with Crippen LogP contribution in [0, 0.1) is 5.92 Å². The Bertz CT molecular complexity index is 300. The predicted molar refractivity (Wildman–Crippen MR) is 93.2 cm³/mol. The molecule has 0 radical (unpaired) electrons. The van der Waals surface area contributed by atoms with E-state index < -0.39 is 0 Å². The number of esters is 2. The van der Waals surface area contributed by atoms with Gasteiger partial charge in [0.05, 0.1) is 13.7 Å². The Morgan fingerprint density at radius 3 is 1.70 bits per heavy atom. The van der Waals surface area contributed by atoms with E-state index in [1.807, 2.05) is 0 Å². The zero-order valence-corrected chi connectivity index (χ0v) is 15.4. The van der Waals surface area contributed by atoms with Gasteiger partial charge < -0.3 is 9.47 Å². The van der Waals surface area contributed by atoms with E-state index in [2.05, 4.69) is 18.6 Å². The smallest absolute Gasteiger partial charge is 0.305 e. The van der Waals surface area contributed by atoms with Crippen LogP contribution in [0.3, 0.4) is 0 Å². The number of methoxy groups -OCH3 is 1. The van der Waals surface area contributed by atoms with Gasteiger partial charge in [0.1, 0.15) is 0 Å². The molecule has 0 heterocycles. The van der Waals surface area contributed by atoms with Crippen molar-refractivity contribution in [3.8, 4) is 0 Å². The number of hydrogen-bond donors (Lipinski definition) is 0. The highest BCUT2D eigenvalue weighted by molar-refractivity contribution is 5.69. The summed E-state index contributed by atoms with van der Waals surface area (Å²) in [4.78, 5) is 22.4. The van der Waals surface area contributed by atoms with E-state index in [-0.39, 0.29) is 11.9 Å². The first-order valence-electron chi connectivity index (χ1n) is 9.28. The van der Waals surface area contributed by atoms with E-state index >= 15 is 0 Å². The largest absolute Gasteiger partial charge is 0.469 e. The van der Waals surface area contributed by atoms with Gasteiger partial charge in [-0.1, -0.05) is 52.4 Å². The van der Waals surface area contributed by atoms with E-state index in [9.17, 15) is 9.59 Å². The molecule has 0 aromatic heterocycles. The third kappa shape index (κ3) is 17.1. The van der Waals surface area contributed by atoms with Crippen molar-refractivity contribution in [1.82, 2.24) is 0 Å². The third-order valence-electron chi connectivity index (χ3n) is 3.93. The standard InChI is InChI=1S/C19H36O4/c1-17(2)13-12-16-23-19(21)15-11-9-7-5-4-6-8-10-14-18(20)22-3/h17H,4-16H2,1-3H3. The van der Waals surface area contributed by atoms with Crippen molar-refractivity contribution in [2.45, 2.75) is 90.9 Å². The van der Waals surface area contributed by atoms with Crippen molar-refractivity contribution in [2.75, 3.05) is 13.7 Å². The second-order valence-electron chi connectivity index (χ2n) is 6.66. The second kappa shape index (κ2) is 15.8. The molecule has 0 aliphatic rings. The van der Waals surface area contributed by atoms with Crippen LogP contribution in [0.2, 0.25) is 0 Å². The summed E-state index contributed by atoms with van der Waals surface area (Å²) in [5.74, 6) is 0.520. The van der Waals surface area contributed by atoms with Crippen LogP contribution in [0.15, 0.2) is 0 Å². The molecule has 0 N–H and O–H groups in total. The molecule has 0 unspecified atom stereocenters. The second-order valence-corrected chi connectivity index (χ2v) is 6.66. The molecular weight excluding hydrogens is 292 g/mol. The highest BCUT2D eigenvalue weighted by Gasteiger charge is 2.03. The Morgan fingerprint density at radius 2 is 1.22 bits per heavy atom. The summed E-state index contributed by atoms with van der Waals surface area (Å²) < 4.78 is 9.82. The first kappa shape index (κ1) is 21.9. The van der Waals surface area contributed by atoms with Crippen LogP contribution in [0.1, 0.15) is 90.9 Å². The first-order valence-corrected chi connectivity index (χ1v) is 9.28. The van der Waals surface area contributed by atoms with Gasteiger partial charge in [-0.05, 0) is 31.6 Å². The van der Waals surface area contributed by atoms with Crippen LogP contribution in [-0.4, -0.2) is 25.7 Å². The van der Waals surface area contributed by atoms with E-state index in [0.717, 1.165) is 38.5 Å². The summed E-state index contributed by atoms with van der Waals surface area (Å²) in [6.45, 7) is 4.94. The minimum atomic E-state index is -0.110. The van der Waals surface area contributed by atoms with Crippen LogP contribution in [0.25, 0.3) is 0 Å². The first-order chi connectivity index (χ1) is 11.1. The molecule has 0 aromatic rings. The topological polar surface area (TPSA) is 52.6 Å². The van der Waals surface area contributed by atoms with Crippen LogP contribution < -0.4 is 0 Å². The van der Waals surface area contributed by atoms with Crippen LogP contribution >= 0.6 is 0 Å². The van der Waals surface area contributed by atoms with Gasteiger partial charge in [0.2, 0.25) is 0 Å². The molecule has 0 atom stereocenters. The van der Waals surface area contributed by atoms with E-state index in [1.165, 1.54) is 32.8 Å². The lowest BCUT2D eigenvalue weighted by Crippen LogP contribution is -2.06. The van der Waals surface area contributed by atoms with Gasteiger partial charge in [0.25, 0.3) is 0 Å². The zero-order valence-electron chi connectivity index (χ0n) is 15.4. The Hall–Kier alpha value is -1.06. The Morgan fingerprint density at radius 1 is 0.739 bits per heavy atom. The molecule has 0 aliphatic carbocycles. The van der Waals surface area contributed by atoms with Crippen LogP contribution in [-0.2, 0) is 19.1 Å². The normalized spacial score (nSPS) is 10.8. The zero-order chi connectivity index (χ0) is 17.3. The van der Waals surface area contributed by atoms with Crippen molar-refractivity contribution in [3.05, 3.63) is 0 Å². The molecule has 0 rings (SSSR count). The number of rotatable bonds is 15. The van der Waals surface area contributed by atoms with Crippen molar-refractivity contribution in [3.63, 3.8) is 0 Å². The van der Waals surface area contributed by atoms with Gasteiger partial charge in [-0.25, -0.2) is 0 Å². The minimum absolute atomic E-state index is 0.0448. The summed E-state index contributed by atoms with van der Waals surface area (Å²) in [5, 5.41) is 0. The van der Waals surface area contributed by atoms with Crippen molar-refractivity contribution in [2.24, 2.45) is 5.92 Å². The molecule has 0 bridgehead atoms. The molecule has 136 valence electrons. The molecule has 0 aromatic carbocycles. The number of carbonyl (C=O) groups excluding carboxylic acids is 2. The van der Waals surface area contributed by atoms with Gasteiger partial charge >= 0.3 is 11.9 Å². The quantitative estimate of drug-likeness (QED) is 0.312. The van der Waals surface area contributed by atoms with Crippen LogP contribution in [0.5, 0.6) is 0 Å². The molecule has 0 amide bonds. The fourth-order valence-corrected chi connectivity index (χ4v) is 2.45. The van der Waals surface area contributed by atoms with Gasteiger partial charge in [0.15, 0.2) is 0 Å². The van der Waals surface area contributed by atoms with Crippen molar-refractivity contribution in [1.29, 1.82) is 0 Å². The Kier molecular flexibility index (Phi) is 15.1. The molecule has 0 fully saturated rings. The molecule has 4 heteroatoms. The maximum absolute atomic E-state index is 11.5. The summed E-state index contributed by atoms with van der Waals surface area (Å²) in [7, 11) is 1.43. The Balaban J connectivity index is 3.20. The SMILES string of the molecule is COC(=O)CCCCCCCCCCC(=O)OCCCC(C)C. The number of unbranched alkanes of at least 4 members (excludes halogenated alkanes) is 7. The average molecular weight is 328 g/mol. The third-order valence-corrected chi connectivity index (χ3v) is 3.93. The minimum Gasteiger partial charge on any atom is -0.469 e. The highest BCUT2D eigenvalue weighted by atomic mass is 16.5. The summed E-state index contributed by atoms with van der Waals surface area (Å²) in [5.41, 5.74) is 0. The summed E-state index contributed by atoms with van der Waals surface area (Å²) >= 11 is 0. The van der Waals surface area contributed by atoms with Gasteiger partial charge in [-0.15, -0.1) is 0 Å². The van der Waals surface area contributed by atoms with Gasteiger partial charge in [-0.3, -0.25) is 9.59 Å². The Labute approximate surface area is 142 Å². The molecule has 0 aliphatic heterocycles. The fourth-order valence-electron chi connectivity index (χ4n) is 2.45. The van der Waals surface area contributed by atoms with Gasteiger partial charge in [-0.2, -0.15) is 0 Å². The van der Waals surface area contributed by atoms with Gasteiger partial charge in [0, 0.05) is 12.8 Å². The fraction of sp³-hybridized carbons (Fsp3) is 0.895. The van der Waals surface area contributed by atoms with E-state index in [0.29, 0.717) is 25.4 Å². The number of carbonyl (C=O) groups is 2. The number of hydrogen-bond acceptors (Lipinski definition) is 4. The predicted octanol–water partition coefficient (Wildman–Crippen LogP) is 5.04. The average Bonchev–Trinajstić information content (AvgIpc) is 2.52. The maximum atomic E-state index is 11.5. The molecule has 0 saturated heterocycles. The van der Waals surface area contributed by atoms with E-state index in [4.69, 9.17) is 4.74 Å². The monoisotopic (exact) mass is 328 g/mol. The molecule has 0 saturated carbocycles. The highest BCUT2D eigenvalue weighted by Crippen LogP contribution is 2.11. The lowest BCUT2D eigenvalue weighted by atomic mass is 10.1. The molecule has 23 heavy (non-hydrogen) atoms. The lowest BCUT2D eigenvalue weighted by molar-refractivity contribution is -0.144. The van der Waals surface area contributed by atoms with E-state index in [1.54, 1.807) is 0 Å². The molecular formula is C19H36O4. The van der Waals surface area contributed by atoms with Crippen LogP contribution in [0.4, 0.5) is 0 Å². The summed E-state index contributed by atoms with van der Waals surface area (Å²) in [6.07, 6.45) is 12.0.